The van der Waals surface area contributed by atoms with Crippen LogP contribution in [0.1, 0.15) is 0 Å². The lowest BCUT2D eigenvalue weighted by Crippen LogP contribution is -2.11. The van der Waals surface area contributed by atoms with Gasteiger partial charge in [0.15, 0.2) is 0 Å². The summed E-state index contributed by atoms with van der Waals surface area (Å²) in [5, 5.41) is 12.5. The molecule has 0 atom stereocenters. The second kappa shape index (κ2) is 13.3. The third-order valence-electron chi connectivity index (χ3n) is 11.6. The summed E-state index contributed by atoms with van der Waals surface area (Å²) in [6, 6.07) is 75.9. The van der Waals surface area contributed by atoms with Crippen LogP contribution in [0.25, 0.3) is 72.7 Å². The highest BCUT2D eigenvalue weighted by Crippen LogP contribution is 2.49. The van der Waals surface area contributed by atoms with E-state index >= 15 is 0 Å². The minimum Gasteiger partial charge on any atom is -0.310 e. The SMILES string of the molecule is c1ccc(N(c2ccc3sc4ccccc4c3c2)c2cc3c4ccccc4c(N(c4ccccc4)c4ccc5sc6ccccc6c5c4)cc3c3ccccc23)cc1. The van der Waals surface area contributed by atoms with Crippen molar-refractivity contribution in [1.82, 2.24) is 0 Å². The van der Waals surface area contributed by atoms with Crippen LogP contribution in [0, 0.1) is 0 Å². The van der Waals surface area contributed by atoms with Gasteiger partial charge >= 0.3 is 0 Å². The predicted molar refractivity (Wildman–Crippen MR) is 254 cm³/mol. The molecule has 2 heterocycles. The van der Waals surface area contributed by atoms with Gasteiger partial charge in [0.2, 0.25) is 0 Å². The van der Waals surface area contributed by atoms with Gasteiger partial charge in [-0.15, -0.1) is 22.7 Å². The van der Waals surface area contributed by atoms with E-state index in [9.17, 15) is 0 Å². The quantitative estimate of drug-likeness (QED) is 0.155. The highest BCUT2D eigenvalue weighted by atomic mass is 32.1. The second-order valence-electron chi connectivity index (χ2n) is 14.9. The maximum Gasteiger partial charge on any atom is 0.0546 e. The van der Waals surface area contributed by atoms with E-state index in [4.69, 9.17) is 0 Å². The maximum atomic E-state index is 2.45. The van der Waals surface area contributed by atoms with E-state index < -0.39 is 0 Å². The first-order valence-electron chi connectivity index (χ1n) is 19.7. The van der Waals surface area contributed by atoms with Crippen LogP contribution in [0.2, 0.25) is 0 Å². The summed E-state index contributed by atoms with van der Waals surface area (Å²) in [4.78, 5) is 4.90. The summed E-state index contributed by atoms with van der Waals surface area (Å²) in [6.07, 6.45) is 0. The molecule has 0 fully saturated rings. The number of para-hydroxylation sites is 2. The molecule has 0 spiro atoms. The van der Waals surface area contributed by atoms with Crippen molar-refractivity contribution in [3.8, 4) is 0 Å². The molecule has 0 aliphatic carbocycles. The first-order chi connectivity index (χ1) is 28.8. The Labute approximate surface area is 343 Å². The molecule has 0 saturated carbocycles. The molecule has 2 aromatic heterocycles. The van der Waals surface area contributed by atoms with E-state index in [2.05, 4.69) is 216 Å². The van der Waals surface area contributed by atoms with Gasteiger partial charge in [-0.05, 0) is 106 Å². The first-order valence-corrected chi connectivity index (χ1v) is 21.3. The molecule has 0 aliphatic heterocycles. The molecule has 0 saturated heterocycles. The molecule has 58 heavy (non-hydrogen) atoms. The average Bonchev–Trinajstić information content (AvgIpc) is 3.85. The van der Waals surface area contributed by atoms with E-state index in [-0.39, 0.29) is 0 Å². The zero-order valence-electron chi connectivity index (χ0n) is 31.3. The fourth-order valence-corrected chi connectivity index (χ4v) is 11.2. The second-order valence-corrected chi connectivity index (χ2v) is 17.0. The zero-order chi connectivity index (χ0) is 38.2. The van der Waals surface area contributed by atoms with Crippen LogP contribution in [0.3, 0.4) is 0 Å². The third kappa shape index (κ3) is 5.23. The fourth-order valence-electron chi connectivity index (χ4n) is 9.00. The van der Waals surface area contributed by atoms with E-state index in [1.807, 2.05) is 22.7 Å². The zero-order valence-corrected chi connectivity index (χ0v) is 33.0. The summed E-state index contributed by atoms with van der Waals surface area (Å²) in [7, 11) is 0. The average molecular weight is 775 g/mol. The summed E-state index contributed by atoms with van der Waals surface area (Å²) < 4.78 is 5.23. The molecule has 12 rings (SSSR count). The van der Waals surface area contributed by atoms with Crippen LogP contribution < -0.4 is 9.80 Å². The normalized spacial score (nSPS) is 11.8. The number of thiophene rings is 2. The summed E-state index contributed by atoms with van der Waals surface area (Å²) in [5.74, 6) is 0. The van der Waals surface area contributed by atoms with Gasteiger partial charge in [-0.2, -0.15) is 0 Å². The van der Waals surface area contributed by atoms with Gasteiger partial charge in [0, 0.05) is 73.9 Å². The highest BCUT2D eigenvalue weighted by molar-refractivity contribution is 7.26. The van der Waals surface area contributed by atoms with E-state index in [0.29, 0.717) is 0 Å². The summed E-state index contributed by atoms with van der Waals surface area (Å²) in [6.45, 7) is 0. The number of rotatable bonds is 6. The number of hydrogen-bond donors (Lipinski definition) is 0. The Morgan fingerprint density at radius 3 is 1.00 bits per heavy atom. The van der Waals surface area contributed by atoms with Crippen molar-refractivity contribution in [2.45, 2.75) is 0 Å². The minimum atomic E-state index is 1.12. The van der Waals surface area contributed by atoms with Crippen LogP contribution in [-0.2, 0) is 0 Å². The van der Waals surface area contributed by atoms with Crippen molar-refractivity contribution in [3.63, 3.8) is 0 Å². The fraction of sp³-hybridized carbons (Fsp3) is 0. The molecule has 2 nitrogen and oxygen atoms in total. The monoisotopic (exact) mass is 774 g/mol. The Morgan fingerprint density at radius 1 is 0.224 bits per heavy atom. The van der Waals surface area contributed by atoms with E-state index in [1.54, 1.807) is 0 Å². The molecule has 10 aromatic carbocycles. The number of anilines is 6. The smallest absolute Gasteiger partial charge is 0.0546 e. The molecule has 0 unspecified atom stereocenters. The van der Waals surface area contributed by atoms with Gasteiger partial charge < -0.3 is 9.80 Å². The van der Waals surface area contributed by atoms with Crippen LogP contribution >= 0.6 is 22.7 Å². The van der Waals surface area contributed by atoms with Crippen molar-refractivity contribution in [2.24, 2.45) is 0 Å². The Bertz CT molecular complexity index is 3290. The standard InChI is InChI=1S/C54H34N2S2/c1-3-15-35(16-4-1)55(37-27-29-53-47(31-37)43-23-11-13-25-51(43)57-53)49-33-45-40-20-8-10-22-42(40)50(34-46(45)39-19-7-9-21-41(39)49)56(36-17-5-2-6-18-36)38-28-30-54-48(32-38)44-24-12-14-26-52(44)58-54/h1-34H. The van der Waals surface area contributed by atoms with Crippen molar-refractivity contribution in [3.05, 3.63) is 206 Å². The Morgan fingerprint density at radius 2 is 0.569 bits per heavy atom. The number of benzene rings is 10. The molecule has 0 N–H and O–H groups in total. The summed E-state index contributed by atoms with van der Waals surface area (Å²) in [5.41, 5.74) is 6.83. The maximum absolute atomic E-state index is 2.45. The predicted octanol–water partition coefficient (Wildman–Crippen LogP) is 16.8. The molecule has 4 heteroatoms. The highest BCUT2D eigenvalue weighted by Gasteiger charge is 2.23. The first kappa shape index (κ1) is 33.2. The van der Waals surface area contributed by atoms with Crippen LogP contribution in [0.5, 0.6) is 0 Å². The minimum absolute atomic E-state index is 1.12. The van der Waals surface area contributed by atoms with Crippen molar-refractivity contribution >= 4 is 129 Å². The van der Waals surface area contributed by atoms with E-state index in [0.717, 1.165) is 34.1 Å². The molecule has 12 aromatic rings. The van der Waals surface area contributed by atoms with Gasteiger partial charge in [0.25, 0.3) is 0 Å². The lowest BCUT2D eigenvalue weighted by molar-refractivity contribution is 1.30. The Kier molecular flexibility index (Phi) is 7.62. The largest absolute Gasteiger partial charge is 0.310 e. The Balaban J connectivity index is 1.14. The van der Waals surface area contributed by atoms with Crippen LogP contribution in [-0.4, -0.2) is 0 Å². The number of fused-ring (bicyclic) bond motifs is 11. The summed E-state index contributed by atoms with van der Waals surface area (Å²) >= 11 is 3.72. The number of nitrogens with zero attached hydrogens (tertiary/aromatic N) is 2. The molecule has 0 radical (unpaired) electrons. The number of hydrogen-bond acceptors (Lipinski definition) is 4. The lowest BCUT2D eigenvalue weighted by atomic mass is 9.93. The van der Waals surface area contributed by atoms with Gasteiger partial charge in [-0.1, -0.05) is 121 Å². The van der Waals surface area contributed by atoms with Gasteiger partial charge in [-0.3, -0.25) is 0 Å². The van der Waals surface area contributed by atoms with Crippen molar-refractivity contribution in [1.29, 1.82) is 0 Å². The van der Waals surface area contributed by atoms with Crippen LogP contribution in [0.4, 0.5) is 34.1 Å². The molecular formula is C54H34N2S2. The molecule has 272 valence electrons. The van der Waals surface area contributed by atoms with Crippen LogP contribution in [0.15, 0.2) is 206 Å². The molecule has 0 aliphatic rings. The molecular weight excluding hydrogens is 741 g/mol. The van der Waals surface area contributed by atoms with Gasteiger partial charge in [0.1, 0.15) is 0 Å². The van der Waals surface area contributed by atoms with Gasteiger partial charge in [0.05, 0.1) is 11.4 Å². The van der Waals surface area contributed by atoms with E-state index in [1.165, 1.54) is 72.7 Å². The lowest BCUT2D eigenvalue weighted by Gasteiger charge is -2.30. The van der Waals surface area contributed by atoms with Crippen molar-refractivity contribution < 1.29 is 0 Å². The third-order valence-corrected chi connectivity index (χ3v) is 13.9. The molecule has 0 bridgehead atoms. The Hall–Kier alpha value is -6.98. The topological polar surface area (TPSA) is 6.48 Å². The van der Waals surface area contributed by atoms with Gasteiger partial charge in [-0.25, -0.2) is 0 Å². The molecule has 0 amide bonds. The van der Waals surface area contributed by atoms with Crippen molar-refractivity contribution in [2.75, 3.05) is 9.80 Å².